The number of aromatic nitrogens is 3. The van der Waals surface area contributed by atoms with Gasteiger partial charge in [0.1, 0.15) is 12.2 Å². The maximum absolute atomic E-state index is 11.9. The Morgan fingerprint density at radius 2 is 2.47 bits per heavy atom. The normalized spacial score (nSPS) is 24.5. The Labute approximate surface area is 101 Å². The van der Waals surface area contributed by atoms with E-state index in [0.717, 1.165) is 18.7 Å². The Morgan fingerprint density at radius 1 is 1.59 bits per heavy atom. The van der Waals surface area contributed by atoms with Crippen LogP contribution in [0, 0.1) is 11.8 Å². The summed E-state index contributed by atoms with van der Waals surface area (Å²) in [6.07, 6.45) is 6.73. The lowest BCUT2D eigenvalue weighted by Crippen LogP contribution is -2.34. The standard InChI is InChI=1S/C12H20N4O/c1-9-3-2-4-10(7-9)12(17)13-6-5-11-14-8-15-16-11/h8-10H,2-7H2,1H3,(H,13,17)(H,14,15,16). The molecule has 1 aliphatic rings. The van der Waals surface area contributed by atoms with E-state index in [4.69, 9.17) is 0 Å². The lowest BCUT2D eigenvalue weighted by molar-refractivity contribution is -0.126. The summed E-state index contributed by atoms with van der Waals surface area (Å²) in [7, 11) is 0. The lowest BCUT2D eigenvalue weighted by atomic mass is 9.82. The van der Waals surface area contributed by atoms with Crippen molar-refractivity contribution >= 4 is 5.91 Å². The molecule has 1 amide bonds. The predicted molar refractivity (Wildman–Crippen MR) is 64.2 cm³/mol. The highest BCUT2D eigenvalue weighted by atomic mass is 16.1. The second kappa shape index (κ2) is 5.80. The van der Waals surface area contributed by atoms with Gasteiger partial charge in [-0.25, -0.2) is 4.98 Å². The first-order chi connectivity index (χ1) is 8.25. The van der Waals surface area contributed by atoms with Crippen LogP contribution in [-0.2, 0) is 11.2 Å². The van der Waals surface area contributed by atoms with E-state index in [2.05, 4.69) is 27.4 Å². The largest absolute Gasteiger partial charge is 0.355 e. The summed E-state index contributed by atoms with van der Waals surface area (Å²) in [5.74, 6) is 1.93. The van der Waals surface area contributed by atoms with Gasteiger partial charge in [-0.05, 0) is 18.8 Å². The molecular weight excluding hydrogens is 216 g/mol. The summed E-state index contributed by atoms with van der Waals surface area (Å²) < 4.78 is 0. The van der Waals surface area contributed by atoms with Crippen LogP contribution in [0.25, 0.3) is 0 Å². The molecule has 2 atom stereocenters. The summed E-state index contributed by atoms with van der Waals surface area (Å²) in [6.45, 7) is 2.87. The Morgan fingerprint density at radius 3 is 3.18 bits per heavy atom. The van der Waals surface area contributed by atoms with Gasteiger partial charge in [-0.2, -0.15) is 5.10 Å². The van der Waals surface area contributed by atoms with E-state index in [9.17, 15) is 4.79 Å². The van der Waals surface area contributed by atoms with Crippen LogP contribution in [-0.4, -0.2) is 27.6 Å². The highest BCUT2D eigenvalue weighted by molar-refractivity contribution is 5.78. The molecule has 1 aliphatic carbocycles. The van der Waals surface area contributed by atoms with Crippen molar-refractivity contribution < 1.29 is 4.79 Å². The number of hydrogen-bond acceptors (Lipinski definition) is 3. The molecule has 5 heteroatoms. The van der Waals surface area contributed by atoms with Crippen LogP contribution in [0.1, 0.15) is 38.4 Å². The molecule has 2 rings (SSSR count). The van der Waals surface area contributed by atoms with Gasteiger partial charge >= 0.3 is 0 Å². The summed E-state index contributed by atoms with van der Waals surface area (Å²) in [5, 5.41) is 9.54. The van der Waals surface area contributed by atoms with Crippen molar-refractivity contribution in [3.05, 3.63) is 12.2 Å². The molecule has 0 aliphatic heterocycles. The fourth-order valence-corrected chi connectivity index (χ4v) is 2.47. The smallest absolute Gasteiger partial charge is 0.223 e. The molecule has 1 aromatic heterocycles. The van der Waals surface area contributed by atoms with Crippen molar-refractivity contribution in [2.24, 2.45) is 11.8 Å². The Balaban J connectivity index is 1.70. The van der Waals surface area contributed by atoms with Gasteiger partial charge in [0.05, 0.1) is 0 Å². The number of hydrogen-bond donors (Lipinski definition) is 2. The third kappa shape index (κ3) is 3.54. The monoisotopic (exact) mass is 236 g/mol. The Kier molecular flexibility index (Phi) is 4.12. The van der Waals surface area contributed by atoms with Crippen molar-refractivity contribution in [3.63, 3.8) is 0 Å². The minimum absolute atomic E-state index is 0.205. The van der Waals surface area contributed by atoms with E-state index < -0.39 is 0 Å². The van der Waals surface area contributed by atoms with Gasteiger partial charge in [0.25, 0.3) is 0 Å². The number of carbonyl (C=O) groups is 1. The molecule has 1 heterocycles. The highest BCUT2D eigenvalue weighted by Gasteiger charge is 2.24. The van der Waals surface area contributed by atoms with E-state index in [1.54, 1.807) is 0 Å². The lowest BCUT2D eigenvalue weighted by Gasteiger charge is -2.25. The molecule has 0 saturated heterocycles. The minimum atomic E-state index is 0.205. The molecule has 1 fully saturated rings. The number of carbonyl (C=O) groups excluding carboxylic acids is 1. The molecule has 94 valence electrons. The van der Waals surface area contributed by atoms with Crippen LogP contribution in [0.2, 0.25) is 0 Å². The second-order valence-electron chi connectivity index (χ2n) is 4.94. The molecule has 0 radical (unpaired) electrons. The minimum Gasteiger partial charge on any atom is -0.355 e. The molecular formula is C12H20N4O. The van der Waals surface area contributed by atoms with E-state index in [1.165, 1.54) is 19.2 Å². The van der Waals surface area contributed by atoms with Gasteiger partial charge in [-0.3, -0.25) is 9.89 Å². The molecule has 2 unspecified atom stereocenters. The summed E-state index contributed by atoms with van der Waals surface area (Å²) in [4.78, 5) is 15.9. The number of H-pyrrole nitrogens is 1. The van der Waals surface area contributed by atoms with Gasteiger partial charge < -0.3 is 5.32 Å². The molecule has 1 saturated carbocycles. The molecule has 2 N–H and O–H groups in total. The summed E-state index contributed by atoms with van der Waals surface area (Å²) >= 11 is 0. The van der Waals surface area contributed by atoms with Gasteiger partial charge in [0.2, 0.25) is 5.91 Å². The van der Waals surface area contributed by atoms with Crippen molar-refractivity contribution in [1.29, 1.82) is 0 Å². The summed E-state index contributed by atoms with van der Waals surface area (Å²) in [5.41, 5.74) is 0. The van der Waals surface area contributed by atoms with Crippen LogP contribution >= 0.6 is 0 Å². The predicted octanol–water partition coefficient (Wildman–Crippen LogP) is 1.29. The van der Waals surface area contributed by atoms with Gasteiger partial charge in [0.15, 0.2) is 0 Å². The van der Waals surface area contributed by atoms with Gasteiger partial charge in [-0.15, -0.1) is 0 Å². The first-order valence-corrected chi connectivity index (χ1v) is 6.37. The van der Waals surface area contributed by atoms with E-state index in [1.807, 2.05) is 0 Å². The molecule has 5 nitrogen and oxygen atoms in total. The second-order valence-corrected chi connectivity index (χ2v) is 4.94. The fourth-order valence-electron chi connectivity index (χ4n) is 2.47. The maximum Gasteiger partial charge on any atom is 0.223 e. The highest BCUT2D eigenvalue weighted by Crippen LogP contribution is 2.28. The average Bonchev–Trinajstić information content (AvgIpc) is 2.82. The zero-order valence-electron chi connectivity index (χ0n) is 10.3. The molecule has 17 heavy (non-hydrogen) atoms. The molecule has 0 aromatic carbocycles. The van der Waals surface area contributed by atoms with Crippen molar-refractivity contribution in [1.82, 2.24) is 20.5 Å². The van der Waals surface area contributed by atoms with Crippen molar-refractivity contribution in [2.45, 2.75) is 39.0 Å². The number of nitrogens with one attached hydrogen (secondary N) is 2. The van der Waals surface area contributed by atoms with Crippen LogP contribution in [0.3, 0.4) is 0 Å². The SMILES string of the molecule is CC1CCCC(C(=O)NCCc2ncn[nH]2)C1. The van der Waals surface area contributed by atoms with Crippen molar-refractivity contribution in [3.8, 4) is 0 Å². The number of aromatic amines is 1. The Hall–Kier alpha value is -1.39. The zero-order chi connectivity index (χ0) is 12.1. The average molecular weight is 236 g/mol. The molecule has 0 spiro atoms. The zero-order valence-corrected chi connectivity index (χ0v) is 10.3. The van der Waals surface area contributed by atoms with E-state index in [-0.39, 0.29) is 11.8 Å². The van der Waals surface area contributed by atoms with E-state index in [0.29, 0.717) is 18.9 Å². The number of rotatable bonds is 4. The van der Waals surface area contributed by atoms with Crippen LogP contribution < -0.4 is 5.32 Å². The first-order valence-electron chi connectivity index (χ1n) is 6.37. The first kappa shape index (κ1) is 12.1. The van der Waals surface area contributed by atoms with Gasteiger partial charge in [-0.1, -0.05) is 19.8 Å². The van der Waals surface area contributed by atoms with Crippen LogP contribution in [0.15, 0.2) is 6.33 Å². The van der Waals surface area contributed by atoms with Crippen LogP contribution in [0.4, 0.5) is 0 Å². The van der Waals surface area contributed by atoms with E-state index >= 15 is 0 Å². The van der Waals surface area contributed by atoms with Gasteiger partial charge in [0, 0.05) is 18.9 Å². The Bertz CT molecular complexity index is 349. The molecule has 1 aromatic rings. The van der Waals surface area contributed by atoms with Crippen molar-refractivity contribution in [2.75, 3.05) is 6.54 Å². The third-order valence-corrected chi connectivity index (χ3v) is 3.43. The quantitative estimate of drug-likeness (QED) is 0.827. The summed E-state index contributed by atoms with van der Waals surface area (Å²) in [6, 6.07) is 0. The maximum atomic E-state index is 11.9. The number of amides is 1. The third-order valence-electron chi connectivity index (χ3n) is 3.43. The fraction of sp³-hybridized carbons (Fsp3) is 0.750. The van der Waals surface area contributed by atoms with Crippen LogP contribution in [0.5, 0.6) is 0 Å². The number of nitrogens with zero attached hydrogens (tertiary/aromatic N) is 2. The molecule has 0 bridgehead atoms. The topological polar surface area (TPSA) is 70.7 Å².